The smallest absolute Gasteiger partial charge is 0.253 e. The Balaban J connectivity index is 1.71. The number of nitrogens with zero attached hydrogens (tertiary/aromatic N) is 4. The summed E-state index contributed by atoms with van der Waals surface area (Å²) >= 11 is 0. The zero-order valence-electron chi connectivity index (χ0n) is 19.3. The number of pyridine rings is 1. The third-order valence-electron chi connectivity index (χ3n) is 6.40. The number of fused-ring (bicyclic) bond motifs is 1. The van der Waals surface area contributed by atoms with E-state index in [2.05, 4.69) is 35.9 Å². The fourth-order valence-electron chi connectivity index (χ4n) is 4.61. The molecule has 2 fully saturated rings. The van der Waals surface area contributed by atoms with Crippen LogP contribution in [-0.2, 0) is 27.2 Å². The fraction of sp³-hybridized carbons (Fsp3) is 0.625. The molecule has 3 heterocycles. The first-order valence-electron chi connectivity index (χ1n) is 11.6. The monoisotopic (exact) mass is 439 g/mol. The number of carbonyl (C=O) groups excluding carboxylic acids is 1. The average molecular weight is 440 g/mol. The van der Waals surface area contributed by atoms with Crippen molar-refractivity contribution in [1.29, 1.82) is 5.26 Å². The second kappa shape index (κ2) is 9.99. The molecule has 2 aromatic heterocycles. The summed E-state index contributed by atoms with van der Waals surface area (Å²) in [5, 5.41) is 13.9. The van der Waals surface area contributed by atoms with E-state index in [0.29, 0.717) is 25.3 Å². The Hall–Kier alpha value is -2.47. The van der Waals surface area contributed by atoms with E-state index in [9.17, 15) is 10.1 Å². The van der Waals surface area contributed by atoms with E-state index in [1.807, 2.05) is 11.1 Å². The molecule has 0 spiro atoms. The van der Waals surface area contributed by atoms with E-state index >= 15 is 0 Å². The largest absolute Gasteiger partial charge is 0.385 e. The number of aromatic nitrogens is 2. The first kappa shape index (κ1) is 22.7. The van der Waals surface area contributed by atoms with Gasteiger partial charge in [0.05, 0.1) is 35.1 Å². The molecule has 4 rings (SSSR count). The molecule has 1 aliphatic heterocycles. The van der Waals surface area contributed by atoms with Gasteiger partial charge in [-0.2, -0.15) is 5.26 Å². The second-order valence-corrected chi connectivity index (χ2v) is 8.65. The molecule has 32 heavy (non-hydrogen) atoms. The van der Waals surface area contributed by atoms with E-state index in [1.54, 1.807) is 7.11 Å². The van der Waals surface area contributed by atoms with Crippen LogP contribution in [0, 0.1) is 11.3 Å². The van der Waals surface area contributed by atoms with Gasteiger partial charge in [0, 0.05) is 51.0 Å². The van der Waals surface area contributed by atoms with Crippen LogP contribution in [0.25, 0.3) is 10.9 Å². The van der Waals surface area contributed by atoms with E-state index in [-0.39, 0.29) is 18.0 Å². The van der Waals surface area contributed by atoms with Crippen LogP contribution >= 0.6 is 0 Å². The Bertz CT molecular complexity index is 1000. The minimum Gasteiger partial charge on any atom is -0.385 e. The average Bonchev–Trinajstić information content (AvgIpc) is 3.60. The maximum Gasteiger partial charge on any atom is 0.253 e. The lowest BCUT2D eigenvalue weighted by Gasteiger charge is -2.34. The predicted molar refractivity (Wildman–Crippen MR) is 121 cm³/mol. The van der Waals surface area contributed by atoms with E-state index in [0.717, 1.165) is 61.1 Å². The summed E-state index contributed by atoms with van der Waals surface area (Å²) in [6.45, 7) is 7.43. The van der Waals surface area contributed by atoms with Crippen molar-refractivity contribution in [3.8, 4) is 6.07 Å². The normalized spacial score (nSPS) is 19.6. The number of aryl methyl sites for hydroxylation is 2. The Morgan fingerprint density at radius 3 is 2.94 bits per heavy atom. The highest BCUT2D eigenvalue weighted by molar-refractivity contribution is 5.89. The van der Waals surface area contributed by atoms with Crippen molar-refractivity contribution < 1.29 is 14.3 Å². The topological polar surface area (TPSA) is 92.4 Å². The number of rotatable bonds is 9. The summed E-state index contributed by atoms with van der Waals surface area (Å²) in [5.74, 6) is 0.0420. The number of morpholine rings is 1. The molecule has 1 N–H and O–H groups in total. The molecule has 1 aliphatic carbocycles. The molecule has 0 bridgehead atoms. The quantitative estimate of drug-likeness (QED) is 0.604. The number of nitrogens with one attached hydrogen (secondary N) is 1. The number of hydrogen-bond acceptors (Lipinski definition) is 6. The molecular formula is C24H33N5O3. The molecule has 1 saturated heterocycles. The van der Waals surface area contributed by atoms with Gasteiger partial charge in [-0.3, -0.25) is 9.78 Å². The van der Waals surface area contributed by atoms with Crippen molar-refractivity contribution in [3.05, 3.63) is 29.2 Å². The number of hydrogen-bond donors (Lipinski definition) is 1. The summed E-state index contributed by atoms with van der Waals surface area (Å²) in [6, 6.07) is 4.48. The van der Waals surface area contributed by atoms with Gasteiger partial charge in [0.15, 0.2) is 0 Å². The van der Waals surface area contributed by atoms with Gasteiger partial charge < -0.3 is 24.3 Å². The maximum atomic E-state index is 13.4. The Morgan fingerprint density at radius 1 is 1.50 bits per heavy atom. The number of ether oxygens (including phenoxy) is 2. The number of carbonyl (C=O) groups is 1. The molecule has 172 valence electrons. The van der Waals surface area contributed by atoms with Crippen molar-refractivity contribution in [3.63, 3.8) is 0 Å². The molecule has 8 nitrogen and oxygen atoms in total. The fourth-order valence-corrected chi connectivity index (χ4v) is 4.61. The highest BCUT2D eigenvalue weighted by Crippen LogP contribution is 2.36. The van der Waals surface area contributed by atoms with Gasteiger partial charge in [-0.1, -0.05) is 6.92 Å². The van der Waals surface area contributed by atoms with Crippen LogP contribution in [0.1, 0.15) is 56.1 Å². The van der Waals surface area contributed by atoms with Crippen LogP contribution in [-0.4, -0.2) is 65.9 Å². The molecule has 0 radical (unpaired) electrons. The Kier molecular flexibility index (Phi) is 7.09. The maximum absolute atomic E-state index is 13.4. The van der Waals surface area contributed by atoms with Crippen molar-refractivity contribution in [2.75, 3.05) is 33.4 Å². The first-order valence-corrected chi connectivity index (χ1v) is 11.6. The van der Waals surface area contributed by atoms with Crippen molar-refractivity contribution in [2.24, 2.45) is 0 Å². The van der Waals surface area contributed by atoms with Crippen molar-refractivity contribution in [1.82, 2.24) is 19.8 Å². The van der Waals surface area contributed by atoms with Crippen LogP contribution in [0.3, 0.4) is 0 Å². The van der Waals surface area contributed by atoms with Crippen molar-refractivity contribution >= 4 is 16.8 Å². The van der Waals surface area contributed by atoms with Crippen LogP contribution in [0.2, 0.25) is 0 Å². The van der Waals surface area contributed by atoms with Gasteiger partial charge in [0.1, 0.15) is 12.2 Å². The summed E-state index contributed by atoms with van der Waals surface area (Å²) < 4.78 is 13.1. The molecule has 2 aromatic rings. The van der Waals surface area contributed by atoms with Gasteiger partial charge in [-0.15, -0.1) is 0 Å². The standard InChI is InChI=1S/C24H33N5O3/c1-4-19-23-17(13-25)15-28(9-5-10-31-3)21(23)12-20(27-19)16(2)29(18-6-7-18)24(30)22-14-26-8-11-32-22/h12,15-16,18,22,26H,4-11,14H2,1-3H3/t16-,22-/m1/s1. The Labute approximate surface area is 189 Å². The zero-order valence-corrected chi connectivity index (χ0v) is 19.3. The van der Waals surface area contributed by atoms with E-state index in [1.165, 1.54) is 0 Å². The highest BCUT2D eigenvalue weighted by atomic mass is 16.5. The number of nitriles is 1. The summed E-state index contributed by atoms with van der Waals surface area (Å²) in [5.41, 5.74) is 3.43. The number of amides is 1. The summed E-state index contributed by atoms with van der Waals surface area (Å²) in [4.78, 5) is 20.3. The summed E-state index contributed by atoms with van der Waals surface area (Å²) in [6.07, 6.45) is 5.10. The number of methoxy groups -OCH3 is 1. The second-order valence-electron chi connectivity index (χ2n) is 8.65. The molecule has 1 saturated carbocycles. The highest BCUT2D eigenvalue weighted by Gasteiger charge is 2.40. The van der Waals surface area contributed by atoms with Crippen molar-refractivity contribution in [2.45, 2.75) is 64.3 Å². The van der Waals surface area contributed by atoms with E-state index in [4.69, 9.17) is 14.5 Å². The van der Waals surface area contributed by atoms with Gasteiger partial charge in [0.2, 0.25) is 0 Å². The lowest BCUT2D eigenvalue weighted by atomic mass is 10.1. The predicted octanol–water partition coefficient (Wildman–Crippen LogP) is 2.55. The lowest BCUT2D eigenvalue weighted by molar-refractivity contribution is -0.148. The third-order valence-corrected chi connectivity index (χ3v) is 6.40. The molecule has 8 heteroatoms. The molecule has 0 unspecified atom stereocenters. The van der Waals surface area contributed by atoms with Crippen LogP contribution < -0.4 is 5.32 Å². The summed E-state index contributed by atoms with van der Waals surface area (Å²) in [7, 11) is 1.70. The van der Waals surface area contributed by atoms with E-state index < -0.39 is 6.10 Å². The van der Waals surface area contributed by atoms with Gasteiger partial charge >= 0.3 is 0 Å². The Morgan fingerprint density at radius 2 is 2.31 bits per heavy atom. The molecule has 0 aromatic carbocycles. The molecular weight excluding hydrogens is 406 g/mol. The van der Waals surface area contributed by atoms with Gasteiger partial charge in [-0.25, -0.2) is 0 Å². The van der Waals surface area contributed by atoms with Gasteiger partial charge in [-0.05, 0) is 38.7 Å². The first-order chi connectivity index (χ1) is 15.6. The molecule has 1 amide bonds. The van der Waals surface area contributed by atoms with Crippen LogP contribution in [0.15, 0.2) is 12.3 Å². The minimum absolute atomic E-state index is 0.0420. The van der Waals surface area contributed by atoms with Crippen LogP contribution in [0.4, 0.5) is 0 Å². The lowest BCUT2D eigenvalue weighted by Crippen LogP contribution is -2.50. The molecule has 2 atom stereocenters. The SMILES string of the molecule is CCc1nc([C@@H](C)N(C(=O)[C@H]2CNCCO2)C2CC2)cc2c1c(C#N)cn2CCCOC. The van der Waals surface area contributed by atoms with Crippen LogP contribution in [0.5, 0.6) is 0 Å². The van der Waals surface area contributed by atoms with Gasteiger partial charge in [0.25, 0.3) is 5.91 Å². The zero-order chi connectivity index (χ0) is 22.7. The minimum atomic E-state index is -0.440. The molecule has 2 aliphatic rings. The third kappa shape index (κ3) is 4.51.